The first-order valence-electron chi connectivity index (χ1n) is 4.24. The number of nitrogens with two attached hydrogens (primary N) is 1. The van der Waals surface area contributed by atoms with E-state index < -0.39 is 0 Å². The molecule has 0 saturated heterocycles. The van der Waals surface area contributed by atoms with Gasteiger partial charge in [-0.1, -0.05) is 0 Å². The van der Waals surface area contributed by atoms with E-state index in [1.54, 1.807) is 6.20 Å². The molecule has 1 aliphatic heterocycles. The van der Waals surface area contributed by atoms with Crippen molar-refractivity contribution in [1.29, 1.82) is 0 Å². The molecule has 2 unspecified atom stereocenters. The third-order valence-corrected chi connectivity index (χ3v) is 2.20. The molecule has 1 aliphatic rings. The molecule has 2 atom stereocenters. The second kappa shape index (κ2) is 2.75. The summed E-state index contributed by atoms with van der Waals surface area (Å²) in [4.78, 5) is 4.25. The number of aromatic nitrogens is 1. The van der Waals surface area contributed by atoms with Gasteiger partial charge in [0.2, 0.25) is 0 Å². The minimum atomic E-state index is 0.0949. The average molecular weight is 163 g/mol. The Labute approximate surface area is 72.0 Å². The number of hydrogen-bond donors (Lipinski definition) is 2. The van der Waals surface area contributed by atoms with Crippen molar-refractivity contribution in [2.75, 3.05) is 5.32 Å². The number of rotatable bonds is 0. The first-order chi connectivity index (χ1) is 5.77. The lowest BCUT2D eigenvalue weighted by atomic mass is 9.99. The SMILES string of the molecule is CC1CC(N)c2ncccc2N1. The van der Waals surface area contributed by atoms with Crippen molar-refractivity contribution in [3.05, 3.63) is 24.0 Å². The molecular weight excluding hydrogens is 150 g/mol. The highest BCUT2D eigenvalue weighted by Crippen LogP contribution is 2.28. The van der Waals surface area contributed by atoms with E-state index in [1.165, 1.54) is 0 Å². The lowest BCUT2D eigenvalue weighted by Crippen LogP contribution is -2.30. The molecular formula is C9H13N3. The van der Waals surface area contributed by atoms with E-state index in [9.17, 15) is 0 Å². The van der Waals surface area contributed by atoms with Gasteiger partial charge in [-0.25, -0.2) is 0 Å². The molecule has 1 aromatic heterocycles. The number of pyridine rings is 1. The summed E-state index contributed by atoms with van der Waals surface area (Å²) >= 11 is 0. The van der Waals surface area contributed by atoms with Crippen molar-refractivity contribution >= 4 is 5.69 Å². The van der Waals surface area contributed by atoms with Crippen LogP contribution in [-0.2, 0) is 0 Å². The number of fused-ring (bicyclic) bond motifs is 1. The van der Waals surface area contributed by atoms with Crippen LogP contribution in [0.5, 0.6) is 0 Å². The molecule has 1 aromatic rings. The van der Waals surface area contributed by atoms with Gasteiger partial charge in [0, 0.05) is 12.2 Å². The van der Waals surface area contributed by atoms with Crippen molar-refractivity contribution < 1.29 is 0 Å². The molecule has 0 aliphatic carbocycles. The Balaban J connectivity index is 2.40. The molecule has 2 heterocycles. The van der Waals surface area contributed by atoms with Gasteiger partial charge in [0.15, 0.2) is 0 Å². The van der Waals surface area contributed by atoms with Crippen molar-refractivity contribution in [2.24, 2.45) is 5.73 Å². The Morgan fingerprint density at radius 1 is 1.67 bits per heavy atom. The molecule has 3 heteroatoms. The van der Waals surface area contributed by atoms with Crippen molar-refractivity contribution in [2.45, 2.75) is 25.4 Å². The summed E-state index contributed by atoms with van der Waals surface area (Å²) in [6, 6.07) is 4.50. The monoisotopic (exact) mass is 163 g/mol. The van der Waals surface area contributed by atoms with Gasteiger partial charge >= 0.3 is 0 Å². The van der Waals surface area contributed by atoms with Crippen LogP contribution in [0.2, 0.25) is 0 Å². The number of anilines is 1. The predicted octanol–water partition coefficient (Wildman–Crippen LogP) is 1.29. The Bertz CT molecular complexity index is 285. The molecule has 2 rings (SSSR count). The predicted molar refractivity (Wildman–Crippen MR) is 48.9 cm³/mol. The molecule has 0 radical (unpaired) electrons. The minimum Gasteiger partial charge on any atom is -0.381 e. The zero-order valence-corrected chi connectivity index (χ0v) is 7.12. The highest BCUT2D eigenvalue weighted by atomic mass is 15.0. The summed E-state index contributed by atoms with van der Waals surface area (Å²) in [6.45, 7) is 2.13. The Kier molecular flexibility index (Phi) is 1.73. The Morgan fingerprint density at radius 2 is 2.50 bits per heavy atom. The van der Waals surface area contributed by atoms with E-state index in [0.29, 0.717) is 6.04 Å². The van der Waals surface area contributed by atoms with Gasteiger partial charge in [-0.3, -0.25) is 4.98 Å². The second-order valence-electron chi connectivity index (χ2n) is 3.32. The minimum absolute atomic E-state index is 0.0949. The van der Waals surface area contributed by atoms with Crippen LogP contribution in [0.25, 0.3) is 0 Å². The summed E-state index contributed by atoms with van der Waals surface area (Å²) in [5, 5.41) is 3.35. The van der Waals surface area contributed by atoms with E-state index in [-0.39, 0.29) is 6.04 Å². The Morgan fingerprint density at radius 3 is 3.33 bits per heavy atom. The summed E-state index contributed by atoms with van der Waals surface area (Å²) in [7, 11) is 0. The fourth-order valence-corrected chi connectivity index (χ4v) is 1.65. The maximum atomic E-state index is 5.93. The van der Waals surface area contributed by atoms with Crippen LogP contribution in [0.4, 0.5) is 5.69 Å². The molecule has 0 spiro atoms. The van der Waals surface area contributed by atoms with E-state index >= 15 is 0 Å². The molecule has 0 aromatic carbocycles. The van der Waals surface area contributed by atoms with Gasteiger partial charge in [-0.2, -0.15) is 0 Å². The fourth-order valence-electron chi connectivity index (χ4n) is 1.65. The van der Waals surface area contributed by atoms with Crippen molar-refractivity contribution in [1.82, 2.24) is 4.98 Å². The molecule has 0 bridgehead atoms. The lowest BCUT2D eigenvalue weighted by molar-refractivity contribution is 0.557. The molecule has 0 fully saturated rings. The highest BCUT2D eigenvalue weighted by molar-refractivity contribution is 5.51. The quantitative estimate of drug-likeness (QED) is 0.606. The third-order valence-electron chi connectivity index (χ3n) is 2.20. The summed E-state index contributed by atoms with van der Waals surface area (Å²) in [5.74, 6) is 0. The Hall–Kier alpha value is -1.09. The topological polar surface area (TPSA) is 50.9 Å². The molecule has 0 amide bonds. The lowest BCUT2D eigenvalue weighted by Gasteiger charge is -2.27. The molecule has 3 N–H and O–H groups in total. The molecule has 64 valence electrons. The average Bonchev–Trinajstić information content (AvgIpc) is 2.04. The highest BCUT2D eigenvalue weighted by Gasteiger charge is 2.21. The zero-order valence-electron chi connectivity index (χ0n) is 7.12. The number of nitrogens with zero attached hydrogens (tertiary/aromatic N) is 1. The van der Waals surface area contributed by atoms with Crippen LogP contribution in [-0.4, -0.2) is 11.0 Å². The van der Waals surface area contributed by atoms with Gasteiger partial charge in [0.25, 0.3) is 0 Å². The second-order valence-corrected chi connectivity index (χ2v) is 3.32. The van der Waals surface area contributed by atoms with Crippen LogP contribution in [0.15, 0.2) is 18.3 Å². The van der Waals surface area contributed by atoms with Crippen molar-refractivity contribution in [3.8, 4) is 0 Å². The smallest absolute Gasteiger partial charge is 0.0802 e. The van der Waals surface area contributed by atoms with Gasteiger partial charge in [-0.15, -0.1) is 0 Å². The number of nitrogens with one attached hydrogen (secondary N) is 1. The zero-order chi connectivity index (χ0) is 8.55. The van der Waals surface area contributed by atoms with E-state index in [2.05, 4.69) is 17.2 Å². The standard InChI is InChI=1S/C9H13N3/c1-6-5-7(10)9-8(12-6)3-2-4-11-9/h2-4,6-7,12H,5,10H2,1H3. The van der Waals surface area contributed by atoms with Crippen molar-refractivity contribution in [3.63, 3.8) is 0 Å². The van der Waals surface area contributed by atoms with Gasteiger partial charge in [0.1, 0.15) is 0 Å². The van der Waals surface area contributed by atoms with Gasteiger partial charge in [-0.05, 0) is 25.5 Å². The van der Waals surface area contributed by atoms with Crippen LogP contribution in [0.1, 0.15) is 25.1 Å². The van der Waals surface area contributed by atoms with Crippen LogP contribution < -0.4 is 11.1 Å². The van der Waals surface area contributed by atoms with E-state index in [4.69, 9.17) is 5.73 Å². The fraction of sp³-hybridized carbons (Fsp3) is 0.444. The largest absolute Gasteiger partial charge is 0.381 e. The van der Waals surface area contributed by atoms with Crippen LogP contribution in [0, 0.1) is 0 Å². The van der Waals surface area contributed by atoms with Crippen LogP contribution in [0.3, 0.4) is 0 Å². The molecule has 3 nitrogen and oxygen atoms in total. The summed E-state index contributed by atoms with van der Waals surface area (Å²) in [6.07, 6.45) is 2.75. The maximum Gasteiger partial charge on any atom is 0.0802 e. The van der Waals surface area contributed by atoms with E-state index in [0.717, 1.165) is 17.8 Å². The van der Waals surface area contributed by atoms with Crippen LogP contribution >= 0.6 is 0 Å². The van der Waals surface area contributed by atoms with Gasteiger partial charge in [0.05, 0.1) is 17.4 Å². The first kappa shape index (κ1) is 7.55. The van der Waals surface area contributed by atoms with E-state index in [1.807, 2.05) is 12.1 Å². The maximum absolute atomic E-state index is 5.93. The normalized spacial score (nSPS) is 27.5. The summed E-state index contributed by atoms with van der Waals surface area (Å²) < 4.78 is 0. The molecule has 12 heavy (non-hydrogen) atoms. The third kappa shape index (κ3) is 1.16. The first-order valence-corrected chi connectivity index (χ1v) is 4.24. The summed E-state index contributed by atoms with van der Waals surface area (Å²) in [5.41, 5.74) is 8.02. The molecule has 0 saturated carbocycles. The van der Waals surface area contributed by atoms with Gasteiger partial charge < -0.3 is 11.1 Å². The number of hydrogen-bond acceptors (Lipinski definition) is 3.